The van der Waals surface area contributed by atoms with Crippen LogP contribution in [0.2, 0.25) is 0 Å². The summed E-state index contributed by atoms with van der Waals surface area (Å²) in [6.07, 6.45) is 2.68. The lowest BCUT2D eigenvalue weighted by Gasteiger charge is -2.14. The topological polar surface area (TPSA) is 75.6 Å². The third kappa shape index (κ3) is 2.86. The molecule has 0 saturated heterocycles. The van der Waals surface area contributed by atoms with Gasteiger partial charge in [0.2, 0.25) is 5.91 Å². The van der Waals surface area contributed by atoms with Crippen molar-refractivity contribution < 1.29 is 4.79 Å². The second-order valence-corrected chi connectivity index (χ2v) is 5.31. The van der Waals surface area contributed by atoms with Crippen LogP contribution in [0.3, 0.4) is 0 Å². The number of aryl methyl sites for hydroxylation is 1. The molecule has 0 unspecified atom stereocenters. The molecule has 2 heterocycles. The van der Waals surface area contributed by atoms with Gasteiger partial charge in [-0.2, -0.15) is 5.10 Å². The summed E-state index contributed by atoms with van der Waals surface area (Å²) >= 11 is 0. The van der Waals surface area contributed by atoms with Crippen LogP contribution >= 0.6 is 0 Å². The van der Waals surface area contributed by atoms with E-state index in [-0.39, 0.29) is 18.5 Å². The fourth-order valence-corrected chi connectivity index (χ4v) is 2.54. The lowest BCUT2D eigenvalue weighted by atomic mass is 10.2. The number of nitrogens with zero attached hydrogens (tertiary/aromatic N) is 3. The molecule has 1 aromatic carbocycles. The summed E-state index contributed by atoms with van der Waals surface area (Å²) in [6.45, 7) is 4.13. The van der Waals surface area contributed by atoms with Crippen LogP contribution < -0.4 is 5.32 Å². The summed E-state index contributed by atoms with van der Waals surface area (Å²) < 4.78 is 1.95. The molecular formula is C16H19N5O. The van der Waals surface area contributed by atoms with Crippen molar-refractivity contribution in [1.29, 1.82) is 0 Å². The Labute approximate surface area is 128 Å². The van der Waals surface area contributed by atoms with E-state index in [0.29, 0.717) is 5.82 Å². The molecule has 114 valence electrons. The third-order valence-electron chi connectivity index (χ3n) is 3.66. The van der Waals surface area contributed by atoms with Crippen LogP contribution in [0, 0.1) is 6.92 Å². The predicted octanol–water partition coefficient (Wildman–Crippen LogP) is 2.34. The van der Waals surface area contributed by atoms with Crippen LogP contribution in [-0.2, 0) is 11.3 Å². The van der Waals surface area contributed by atoms with Gasteiger partial charge in [-0.3, -0.25) is 9.89 Å². The fraction of sp³-hybridized carbons (Fsp3) is 0.312. The molecule has 0 fully saturated rings. The average molecular weight is 297 g/mol. The van der Waals surface area contributed by atoms with Crippen molar-refractivity contribution >= 4 is 16.8 Å². The molecule has 3 rings (SSSR count). The lowest BCUT2D eigenvalue weighted by molar-refractivity contribution is -0.122. The number of carbonyl (C=O) groups excluding carboxylic acids is 1. The highest BCUT2D eigenvalue weighted by Crippen LogP contribution is 2.16. The van der Waals surface area contributed by atoms with E-state index in [4.69, 9.17) is 0 Å². The number of rotatable bonds is 5. The van der Waals surface area contributed by atoms with Crippen LogP contribution in [0.15, 0.2) is 36.5 Å². The van der Waals surface area contributed by atoms with Crippen molar-refractivity contribution in [1.82, 2.24) is 25.1 Å². The molecular weight excluding hydrogens is 278 g/mol. The normalized spacial score (nSPS) is 12.5. The van der Waals surface area contributed by atoms with Gasteiger partial charge in [-0.15, -0.1) is 0 Å². The van der Waals surface area contributed by atoms with Crippen molar-refractivity contribution in [2.75, 3.05) is 0 Å². The number of hydrogen-bond donors (Lipinski definition) is 2. The van der Waals surface area contributed by atoms with Gasteiger partial charge < -0.3 is 9.88 Å². The quantitative estimate of drug-likeness (QED) is 0.759. The molecule has 22 heavy (non-hydrogen) atoms. The summed E-state index contributed by atoms with van der Waals surface area (Å²) in [4.78, 5) is 16.6. The number of aromatic nitrogens is 4. The molecule has 0 spiro atoms. The molecule has 3 aromatic rings. The van der Waals surface area contributed by atoms with E-state index in [1.165, 1.54) is 0 Å². The Morgan fingerprint density at radius 1 is 1.36 bits per heavy atom. The highest BCUT2D eigenvalue weighted by Gasteiger charge is 2.17. The van der Waals surface area contributed by atoms with Crippen molar-refractivity contribution in [2.24, 2.45) is 0 Å². The highest BCUT2D eigenvalue weighted by molar-refractivity contribution is 5.83. The van der Waals surface area contributed by atoms with Crippen LogP contribution in [0.25, 0.3) is 10.9 Å². The molecule has 0 saturated carbocycles. The molecule has 2 N–H and O–H groups in total. The molecule has 0 bridgehead atoms. The zero-order chi connectivity index (χ0) is 15.5. The maximum Gasteiger partial charge on any atom is 0.240 e. The van der Waals surface area contributed by atoms with Crippen molar-refractivity contribution in [3.8, 4) is 0 Å². The Bertz CT molecular complexity index is 789. The summed E-state index contributed by atoms with van der Waals surface area (Å²) in [6, 6.07) is 9.86. The zero-order valence-electron chi connectivity index (χ0n) is 12.7. The summed E-state index contributed by atoms with van der Waals surface area (Å²) in [7, 11) is 0. The van der Waals surface area contributed by atoms with E-state index < -0.39 is 0 Å². The molecule has 1 atom stereocenters. The molecule has 6 heteroatoms. The van der Waals surface area contributed by atoms with Crippen LogP contribution in [-0.4, -0.2) is 25.7 Å². The van der Waals surface area contributed by atoms with E-state index in [2.05, 4.69) is 20.5 Å². The largest absolute Gasteiger partial charge is 0.344 e. The molecule has 0 aliphatic heterocycles. The second kappa shape index (κ2) is 6.01. The second-order valence-electron chi connectivity index (χ2n) is 5.31. The number of benzene rings is 1. The molecule has 6 nitrogen and oxygen atoms in total. The maximum absolute atomic E-state index is 12.3. The highest BCUT2D eigenvalue weighted by atomic mass is 16.2. The number of amides is 1. The minimum Gasteiger partial charge on any atom is -0.344 e. The van der Waals surface area contributed by atoms with Gasteiger partial charge in [0.05, 0.1) is 6.04 Å². The first-order chi connectivity index (χ1) is 10.7. The number of nitrogens with one attached hydrogen (secondary N) is 2. The van der Waals surface area contributed by atoms with Crippen molar-refractivity contribution in [3.63, 3.8) is 0 Å². The smallest absolute Gasteiger partial charge is 0.240 e. The van der Waals surface area contributed by atoms with Crippen LogP contribution in [0.4, 0.5) is 0 Å². The van der Waals surface area contributed by atoms with Gasteiger partial charge in [-0.25, -0.2) is 4.98 Å². The van der Waals surface area contributed by atoms with Gasteiger partial charge in [-0.1, -0.05) is 25.1 Å². The Balaban J connectivity index is 1.71. The molecule has 0 aliphatic carbocycles. The van der Waals surface area contributed by atoms with Crippen molar-refractivity contribution in [2.45, 2.75) is 32.9 Å². The maximum atomic E-state index is 12.3. The number of carbonyl (C=O) groups is 1. The number of fused-ring (bicyclic) bond motifs is 1. The monoisotopic (exact) mass is 297 g/mol. The van der Waals surface area contributed by atoms with E-state index in [1.54, 1.807) is 0 Å². The first kappa shape index (κ1) is 14.3. The van der Waals surface area contributed by atoms with E-state index >= 15 is 0 Å². The Morgan fingerprint density at radius 2 is 2.18 bits per heavy atom. The standard InChI is InChI=1S/C16H19N5O/c1-3-13(16-17-11(2)19-20-16)18-15(22)10-21-9-8-12-6-4-5-7-14(12)21/h4-9,13H,3,10H2,1-2H3,(H,18,22)(H,17,19,20)/t13-/m0/s1. The Morgan fingerprint density at radius 3 is 2.91 bits per heavy atom. The number of H-pyrrole nitrogens is 1. The SMILES string of the molecule is CC[C@H](NC(=O)Cn1ccc2ccccc21)c1n[nH]c(C)n1. The van der Waals surface area contributed by atoms with E-state index in [1.807, 2.05) is 54.9 Å². The van der Waals surface area contributed by atoms with Crippen molar-refractivity contribution in [3.05, 3.63) is 48.2 Å². The van der Waals surface area contributed by atoms with Crippen LogP contribution in [0.5, 0.6) is 0 Å². The molecule has 0 aliphatic rings. The molecule has 1 amide bonds. The Kier molecular flexibility index (Phi) is 3.91. The van der Waals surface area contributed by atoms with Gasteiger partial charge >= 0.3 is 0 Å². The van der Waals surface area contributed by atoms with Gasteiger partial charge in [0.15, 0.2) is 5.82 Å². The Hall–Kier alpha value is -2.63. The third-order valence-corrected chi connectivity index (χ3v) is 3.66. The van der Waals surface area contributed by atoms with Gasteiger partial charge in [0, 0.05) is 11.7 Å². The van der Waals surface area contributed by atoms with Gasteiger partial charge in [-0.05, 0) is 30.9 Å². The summed E-state index contributed by atoms with van der Waals surface area (Å²) in [5.74, 6) is 1.33. The minimum absolute atomic E-state index is 0.0457. The summed E-state index contributed by atoms with van der Waals surface area (Å²) in [5.41, 5.74) is 1.06. The molecule has 0 radical (unpaired) electrons. The van der Waals surface area contributed by atoms with Gasteiger partial charge in [0.25, 0.3) is 0 Å². The number of hydrogen-bond acceptors (Lipinski definition) is 3. The van der Waals surface area contributed by atoms with E-state index in [0.717, 1.165) is 23.1 Å². The summed E-state index contributed by atoms with van der Waals surface area (Å²) in [5, 5.41) is 11.1. The predicted molar refractivity (Wildman–Crippen MR) is 84.2 cm³/mol. The lowest BCUT2D eigenvalue weighted by Crippen LogP contribution is -2.31. The average Bonchev–Trinajstić information content (AvgIpc) is 3.12. The zero-order valence-corrected chi connectivity index (χ0v) is 12.7. The van der Waals surface area contributed by atoms with Crippen LogP contribution in [0.1, 0.15) is 31.0 Å². The first-order valence-electron chi connectivity index (χ1n) is 7.39. The fourth-order valence-electron chi connectivity index (χ4n) is 2.54. The number of para-hydroxylation sites is 1. The minimum atomic E-state index is -0.167. The van der Waals surface area contributed by atoms with Gasteiger partial charge in [0.1, 0.15) is 12.4 Å². The molecule has 2 aromatic heterocycles. The van der Waals surface area contributed by atoms with E-state index in [9.17, 15) is 4.79 Å². The first-order valence-corrected chi connectivity index (χ1v) is 7.39. The number of aromatic amines is 1.